The summed E-state index contributed by atoms with van der Waals surface area (Å²) in [7, 11) is 0. The van der Waals surface area contributed by atoms with Crippen LogP contribution in [0.1, 0.15) is 15.9 Å². The highest BCUT2D eigenvalue weighted by atomic mass is 79.9. The van der Waals surface area contributed by atoms with Gasteiger partial charge in [0.1, 0.15) is 0 Å². The zero-order valence-electron chi connectivity index (χ0n) is 11.2. The molecule has 0 saturated heterocycles. The van der Waals surface area contributed by atoms with E-state index in [1.54, 1.807) is 43.3 Å². The molecule has 2 aromatic rings. The van der Waals surface area contributed by atoms with Crippen molar-refractivity contribution in [3.05, 3.63) is 58.1 Å². The van der Waals surface area contributed by atoms with Gasteiger partial charge in [0, 0.05) is 10.2 Å². The predicted octanol–water partition coefficient (Wildman–Crippen LogP) is 4.10. The Hall–Kier alpha value is -2.34. The lowest BCUT2D eigenvalue weighted by atomic mass is 10.1. The number of carboxylic acid groups (broad SMARTS) is 1. The van der Waals surface area contributed by atoms with Crippen molar-refractivity contribution in [3.8, 4) is 0 Å². The highest BCUT2D eigenvalue weighted by Gasteiger charge is 2.12. The summed E-state index contributed by atoms with van der Waals surface area (Å²) in [6, 6.07) is 11.4. The van der Waals surface area contributed by atoms with Crippen molar-refractivity contribution in [1.82, 2.24) is 0 Å². The second-order valence-electron chi connectivity index (χ2n) is 4.44. The second kappa shape index (κ2) is 6.41. The van der Waals surface area contributed by atoms with E-state index in [1.807, 2.05) is 0 Å². The first-order valence-corrected chi connectivity index (χ1v) is 6.92. The summed E-state index contributed by atoms with van der Waals surface area (Å²) in [5, 5.41) is 14.3. The molecule has 6 heteroatoms. The second-order valence-corrected chi connectivity index (χ2v) is 5.36. The minimum absolute atomic E-state index is 0.0564. The van der Waals surface area contributed by atoms with Crippen molar-refractivity contribution in [3.63, 3.8) is 0 Å². The van der Waals surface area contributed by atoms with Crippen LogP contribution in [0, 0.1) is 6.92 Å². The molecule has 0 radical (unpaired) electrons. The van der Waals surface area contributed by atoms with Crippen LogP contribution in [0.15, 0.2) is 46.9 Å². The molecule has 2 aromatic carbocycles. The number of aromatic carboxylic acids is 1. The molecule has 2 amide bonds. The van der Waals surface area contributed by atoms with Gasteiger partial charge in [0.2, 0.25) is 0 Å². The molecular formula is C15H13BrN2O3. The van der Waals surface area contributed by atoms with Gasteiger partial charge in [-0.1, -0.05) is 27.6 Å². The van der Waals surface area contributed by atoms with Crippen molar-refractivity contribution < 1.29 is 14.7 Å². The molecule has 0 aliphatic heterocycles. The smallest absolute Gasteiger partial charge is 0.337 e. The van der Waals surface area contributed by atoms with Crippen LogP contribution >= 0.6 is 15.9 Å². The van der Waals surface area contributed by atoms with Gasteiger partial charge in [0.25, 0.3) is 0 Å². The van der Waals surface area contributed by atoms with E-state index in [0.29, 0.717) is 5.69 Å². The third-order valence-electron chi connectivity index (χ3n) is 2.76. The minimum atomic E-state index is -1.09. The van der Waals surface area contributed by atoms with E-state index in [4.69, 9.17) is 5.11 Å². The lowest BCUT2D eigenvalue weighted by Crippen LogP contribution is -2.21. The number of carboxylic acids is 1. The van der Waals surface area contributed by atoms with Gasteiger partial charge >= 0.3 is 12.0 Å². The lowest BCUT2D eigenvalue weighted by molar-refractivity contribution is 0.0698. The van der Waals surface area contributed by atoms with Gasteiger partial charge in [-0.3, -0.25) is 0 Å². The zero-order chi connectivity index (χ0) is 15.4. The van der Waals surface area contributed by atoms with Crippen LogP contribution in [0.2, 0.25) is 0 Å². The fourth-order valence-electron chi connectivity index (χ4n) is 1.76. The molecule has 21 heavy (non-hydrogen) atoms. The van der Waals surface area contributed by atoms with Crippen LogP contribution in [0.3, 0.4) is 0 Å². The van der Waals surface area contributed by atoms with E-state index < -0.39 is 12.0 Å². The molecule has 0 heterocycles. The number of urea groups is 1. The van der Waals surface area contributed by atoms with Crippen LogP contribution in [-0.4, -0.2) is 17.1 Å². The topological polar surface area (TPSA) is 78.4 Å². The van der Waals surface area contributed by atoms with E-state index in [-0.39, 0.29) is 11.3 Å². The van der Waals surface area contributed by atoms with E-state index in [2.05, 4.69) is 26.6 Å². The molecule has 0 fully saturated rings. The number of amides is 2. The SMILES string of the molecule is Cc1ccc(NC(=O)Nc2ccc(Br)cc2)c(C(=O)O)c1. The number of aryl methyl sites for hydroxylation is 1. The Morgan fingerprint density at radius 1 is 1.05 bits per heavy atom. The maximum absolute atomic E-state index is 11.9. The Balaban J connectivity index is 2.12. The van der Waals surface area contributed by atoms with Gasteiger partial charge in [0.05, 0.1) is 11.3 Å². The summed E-state index contributed by atoms with van der Waals surface area (Å²) in [4.78, 5) is 23.1. The fraction of sp³-hybridized carbons (Fsp3) is 0.0667. The molecule has 0 aromatic heterocycles. The Morgan fingerprint density at radius 2 is 1.71 bits per heavy atom. The molecule has 5 nitrogen and oxygen atoms in total. The lowest BCUT2D eigenvalue weighted by Gasteiger charge is -2.10. The number of anilines is 2. The molecule has 0 bridgehead atoms. The van der Waals surface area contributed by atoms with E-state index in [1.165, 1.54) is 6.07 Å². The maximum atomic E-state index is 11.9. The highest BCUT2D eigenvalue weighted by Crippen LogP contribution is 2.18. The average Bonchev–Trinajstić information content (AvgIpc) is 2.43. The molecule has 0 aliphatic carbocycles. The fourth-order valence-corrected chi connectivity index (χ4v) is 2.03. The van der Waals surface area contributed by atoms with E-state index >= 15 is 0 Å². The Labute approximate surface area is 130 Å². The zero-order valence-corrected chi connectivity index (χ0v) is 12.8. The first-order valence-electron chi connectivity index (χ1n) is 6.13. The van der Waals surface area contributed by atoms with Crippen LogP contribution in [-0.2, 0) is 0 Å². The van der Waals surface area contributed by atoms with Crippen LogP contribution in [0.4, 0.5) is 16.2 Å². The first-order chi connectivity index (χ1) is 9.95. The van der Waals surface area contributed by atoms with Gasteiger partial charge < -0.3 is 15.7 Å². The molecular weight excluding hydrogens is 336 g/mol. The summed E-state index contributed by atoms with van der Waals surface area (Å²) in [5.41, 5.74) is 1.73. The predicted molar refractivity (Wildman–Crippen MR) is 84.9 cm³/mol. The third kappa shape index (κ3) is 4.06. The Bertz CT molecular complexity index is 684. The molecule has 0 aliphatic rings. The number of carbonyl (C=O) groups is 2. The van der Waals surface area contributed by atoms with Crippen molar-refractivity contribution >= 4 is 39.3 Å². The summed E-state index contributed by atoms with van der Waals surface area (Å²) in [5.74, 6) is -1.09. The maximum Gasteiger partial charge on any atom is 0.337 e. The first kappa shape index (κ1) is 15.1. The van der Waals surface area contributed by atoms with Crippen molar-refractivity contribution in [2.45, 2.75) is 6.92 Å². The highest BCUT2D eigenvalue weighted by molar-refractivity contribution is 9.10. The van der Waals surface area contributed by atoms with Gasteiger partial charge in [0.15, 0.2) is 0 Å². The van der Waals surface area contributed by atoms with Gasteiger partial charge in [-0.05, 0) is 43.3 Å². The van der Waals surface area contributed by atoms with Crippen molar-refractivity contribution in [2.24, 2.45) is 0 Å². The number of nitrogens with one attached hydrogen (secondary N) is 2. The summed E-state index contributed by atoms with van der Waals surface area (Å²) >= 11 is 3.30. The molecule has 108 valence electrons. The van der Waals surface area contributed by atoms with Gasteiger partial charge in [-0.25, -0.2) is 9.59 Å². The molecule has 0 atom stereocenters. The number of rotatable bonds is 3. The monoisotopic (exact) mass is 348 g/mol. The van der Waals surface area contributed by atoms with E-state index in [9.17, 15) is 9.59 Å². The number of benzene rings is 2. The summed E-state index contributed by atoms with van der Waals surface area (Å²) in [6.07, 6.45) is 0. The van der Waals surface area contributed by atoms with Crippen molar-refractivity contribution in [2.75, 3.05) is 10.6 Å². The standard InChI is InChI=1S/C15H13BrN2O3/c1-9-2-7-13(12(8-9)14(19)20)18-15(21)17-11-5-3-10(16)4-6-11/h2-8H,1H3,(H,19,20)(H2,17,18,21). The number of halogens is 1. The molecule has 0 spiro atoms. The van der Waals surface area contributed by atoms with Crippen LogP contribution in [0.5, 0.6) is 0 Å². The Kier molecular flexibility index (Phi) is 4.59. The summed E-state index contributed by atoms with van der Waals surface area (Å²) in [6.45, 7) is 1.79. The summed E-state index contributed by atoms with van der Waals surface area (Å²) < 4.78 is 0.903. The Morgan fingerprint density at radius 3 is 2.33 bits per heavy atom. The van der Waals surface area contributed by atoms with Gasteiger partial charge in [-0.2, -0.15) is 0 Å². The third-order valence-corrected chi connectivity index (χ3v) is 3.28. The van der Waals surface area contributed by atoms with Crippen LogP contribution in [0.25, 0.3) is 0 Å². The average molecular weight is 349 g/mol. The number of hydrogen-bond acceptors (Lipinski definition) is 2. The van der Waals surface area contributed by atoms with Gasteiger partial charge in [-0.15, -0.1) is 0 Å². The number of carbonyl (C=O) groups excluding carboxylic acids is 1. The normalized spacial score (nSPS) is 10.0. The minimum Gasteiger partial charge on any atom is -0.478 e. The number of hydrogen-bond donors (Lipinski definition) is 3. The molecule has 2 rings (SSSR count). The van der Waals surface area contributed by atoms with Crippen molar-refractivity contribution in [1.29, 1.82) is 0 Å². The molecule has 3 N–H and O–H groups in total. The largest absolute Gasteiger partial charge is 0.478 e. The molecule has 0 unspecified atom stereocenters. The van der Waals surface area contributed by atoms with E-state index in [0.717, 1.165) is 10.0 Å². The quantitative estimate of drug-likeness (QED) is 0.781. The molecule has 0 saturated carbocycles. The van der Waals surface area contributed by atoms with Crippen LogP contribution < -0.4 is 10.6 Å².